The summed E-state index contributed by atoms with van der Waals surface area (Å²) >= 11 is 12.2. The SMILES string of the molecule is Cn1nc(C(F)(F)F)c(C(=O)Nc2c(-c3ccccc3)ccc(Cl)c2Cl)c1F. The zero-order valence-electron chi connectivity index (χ0n) is 14.1. The third kappa shape index (κ3) is 3.70. The first kappa shape index (κ1) is 20.2. The second-order valence-electron chi connectivity index (χ2n) is 5.74. The van der Waals surface area contributed by atoms with Gasteiger partial charge in [-0.2, -0.15) is 22.7 Å². The molecule has 1 aromatic heterocycles. The van der Waals surface area contributed by atoms with E-state index in [1.807, 2.05) is 0 Å². The number of carbonyl (C=O) groups excluding carboxylic acids is 1. The number of halogens is 6. The Morgan fingerprint density at radius 2 is 1.75 bits per heavy atom. The van der Waals surface area contributed by atoms with Crippen molar-refractivity contribution in [3.05, 3.63) is 69.7 Å². The molecule has 2 aromatic carbocycles. The Labute approximate surface area is 166 Å². The molecule has 0 spiro atoms. The van der Waals surface area contributed by atoms with Gasteiger partial charge in [0, 0.05) is 12.6 Å². The summed E-state index contributed by atoms with van der Waals surface area (Å²) in [6, 6.07) is 11.7. The van der Waals surface area contributed by atoms with Crippen molar-refractivity contribution in [2.75, 3.05) is 5.32 Å². The second-order valence-corrected chi connectivity index (χ2v) is 6.53. The van der Waals surface area contributed by atoms with E-state index in [1.165, 1.54) is 6.07 Å². The highest BCUT2D eigenvalue weighted by Crippen LogP contribution is 2.39. The van der Waals surface area contributed by atoms with E-state index in [2.05, 4.69) is 10.4 Å². The maximum absolute atomic E-state index is 14.2. The Morgan fingerprint density at radius 3 is 2.36 bits per heavy atom. The van der Waals surface area contributed by atoms with E-state index in [9.17, 15) is 22.4 Å². The summed E-state index contributed by atoms with van der Waals surface area (Å²) in [7, 11) is 0.961. The predicted octanol–water partition coefficient (Wildman–Crippen LogP) is 5.80. The summed E-state index contributed by atoms with van der Waals surface area (Å²) in [4.78, 5) is 12.6. The highest BCUT2D eigenvalue weighted by Gasteiger charge is 2.41. The van der Waals surface area contributed by atoms with E-state index in [4.69, 9.17) is 23.2 Å². The molecule has 0 saturated carbocycles. The molecule has 3 rings (SSSR count). The Bertz CT molecular complexity index is 1050. The fourth-order valence-corrected chi connectivity index (χ4v) is 2.98. The van der Waals surface area contributed by atoms with Gasteiger partial charge in [-0.25, -0.2) is 4.68 Å². The van der Waals surface area contributed by atoms with Crippen LogP contribution in [-0.4, -0.2) is 15.7 Å². The van der Waals surface area contributed by atoms with Gasteiger partial charge >= 0.3 is 6.18 Å². The molecule has 3 aromatic rings. The molecule has 0 aliphatic rings. The second kappa shape index (κ2) is 7.44. The molecule has 1 amide bonds. The molecule has 0 radical (unpaired) electrons. The molecule has 0 fully saturated rings. The quantitative estimate of drug-likeness (QED) is 0.532. The van der Waals surface area contributed by atoms with Gasteiger partial charge in [0.2, 0.25) is 5.95 Å². The number of alkyl halides is 3. The van der Waals surface area contributed by atoms with Crippen LogP contribution in [0.1, 0.15) is 16.1 Å². The molecule has 0 unspecified atom stereocenters. The standard InChI is InChI=1S/C18H11Cl2F4N3O/c1-27-16(21)12(15(26-27)18(22,23)24)17(28)25-14-10(7-8-11(19)13(14)20)9-5-3-2-4-6-9/h2-8H,1H3,(H,25,28). The lowest BCUT2D eigenvalue weighted by Gasteiger charge is -2.15. The zero-order valence-corrected chi connectivity index (χ0v) is 15.6. The molecule has 0 aliphatic carbocycles. The Morgan fingerprint density at radius 1 is 1.11 bits per heavy atom. The third-order valence-electron chi connectivity index (χ3n) is 3.89. The predicted molar refractivity (Wildman–Crippen MR) is 98.0 cm³/mol. The molecule has 4 nitrogen and oxygen atoms in total. The molecule has 146 valence electrons. The lowest BCUT2D eigenvalue weighted by Crippen LogP contribution is -2.19. The average Bonchev–Trinajstić information content (AvgIpc) is 2.95. The summed E-state index contributed by atoms with van der Waals surface area (Å²) in [6.07, 6.45) is -5.02. The zero-order chi connectivity index (χ0) is 20.6. The van der Waals surface area contributed by atoms with Crippen LogP contribution in [0.15, 0.2) is 42.5 Å². The number of amides is 1. The number of nitrogens with zero attached hydrogens (tertiary/aromatic N) is 2. The van der Waals surface area contributed by atoms with Crippen LogP contribution in [0.2, 0.25) is 10.0 Å². The highest BCUT2D eigenvalue weighted by atomic mass is 35.5. The molecular weight excluding hydrogens is 421 g/mol. The summed E-state index contributed by atoms with van der Waals surface area (Å²) < 4.78 is 54.0. The van der Waals surface area contributed by atoms with Gasteiger partial charge in [0.05, 0.1) is 15.7 Å². The van der Waals surface area contributed by atoms with Crippen LogP contribution in [0.5, 0.6) is 0 Å². The van der Waals surface area contributed by atoms with Gasteiger partial charge in [-0.05, 0) is 11.6 Å². The number of rotatable bonds is 3. The van der Waals surface area contributed by atoms with E-state index >= 15 is 0 Å². The molecule has 0 aliphatic heterocycles. The molecule has 0 atom stereocenters. The van der Waals surface area contributed by atoms with Crippen molar-refractivity contribution in [1.82, 2.24) is 9.78 Å². The smallest absolute Gasteiger partial charge is 0.320 e. The van der Waals surface area contributed by atoms with Crippen LogP contribution < -0.4 is 5.32 Å². The number of hydrogen-bond acceptors (Lipinski definition) is 2. The van der Waals surface area contributed by atoms with Gasteiger partial charge in [-0.3, -0.25) is 4.79 Å². The Hall–Kier alpha value is -2.58. The minimum Gasteiger partial charge on any atom is -0.320 e. The number of aromatic nitrogens is 2. The molecule has 1 heterocycles. The molecular formula is C18H11Cl2F4N3O. The van der Waals surface area contributed by atoms with Crippen molar-refractivity contribution >= 4 is 34.8 Å². The third-order valence-corrected chi connectivity index (χ3v) is 4.70. The van der Waals surface area contributed by atoms with Gasteiger partial charge in [-0.15, -0.1) is 0 Å². The number of carbonyl (C=O) groups is 1. The van der Waals surface area contributed by atoms with Gasteiger partial charge < -0.3 is 5.32 Å². The Kier molecular flexibility index (Phi) is 5.36. The van der Waals surface area contributed by atoms with Crippen molar-refractivity contribution in [3.8, 4) is 11.1 Å². The minimum absolute atomic E-state index is 0.0401. The lowest BCUT2D eigenvalue weighted by molar-refractivity contribution is -0.141. The lowest BCUT2D eigenvalue weighted by atomic mass is 10.0. The number of nitrogens with one attached hydrogen (secondary N) is 1. The Balaban J connectivity index is 2.11. The number of benzene rings is 2. The van der Waals surface area contributed by atoms with Gasteiger partial charge in [0.15, 0.2) is 5.69 Å². The maximum atomic E-state index is 14.2. The van der Waals surface area contributed by atoms with E-state index in [0.29, 0.717) is 15.8 Å². The van der Waals surface area contributed by atoms with E-state index in [-0.39, 0.29) is 15.7 Å². The molecule has 0 saturated heterocycles. The average molecular weight is 432 g/mol. The van der Waals surface area contributed by atoms with Crippen molar-refractivity contribution in [1.29, 1.82) is 0 Å². The summed E-state index contributed by atoms with van der Waals surface area (Å²) in [6.45, 7) is 0. The number of anilines is 1. The maximum Gasteiger partial charge on any atom is 0.436 e. The van der Waals surface area contributed by atoms with Crippen LogP contribution >= 0.6 is 23.2 Å². The van der Waals surface area contributed by atoms with Crippen molar-refractivity contribution in [2.45, 2.75) is 6.18 Å². The molecule has 0 bridgehead atoms. The molecule has 1 N–H and O–H groups in total. The molecule has 28 heavy (non-hydrogen) atoms. The van der Waals surface area contributed by atoms with Crippen LogP contribution in [0.3, 0.4) is 0 Å². The number of aryl methyl sites for hydroxylation is 1. The van der Waals surface area contributed by atoms with Crippen LogP contribution in [-0.2, 0) is 13.2 Å². The monoisotopic (exact) mass is 431 g/mol. The van der Waals surface area contributed by atoms with Crippen LogP contribution in [0.25, 0.3) is 11.1 Å². The first-order chi connectivity index (χ1) is 13.1. The van der Waals surface area contributed by atoms with E-state index < -0.39 is 29.3 Å². The first-order valence-electron chi connectivity index (χ1n) is 7.75. The fraction of sp³-hybridized carbons (Fsp3) is 0.111. The molecule has 10 heteroatoms. The largest absolute Gasteiger partial charge is 0.436 e. The van der Waals surface area contributed by atoms with Gasteiger partial charge in [0.1, 0.15) is 5.56 Å². The van der Waals surface area contributed by atoms with E-state index in [0.717, 1.165) is 7.05 Å². The van der Waals surface area contributed by atoms with Gasteiger partial charge in [0.25, 0.3) is 5.91 Å². The first-order valence-corrected chi connectivity index (χ1v) is 8.51. The summed E-state index contributed by atoms with van der Waals surface area (Å²) in [5.41, 5.74) is -1.88. The normalized spacial score (nSPS) is 11.5. The van der Waals surface area contributed by atoms with Crippen molar-refractivity contribution in [3.63, 3.8) is 0 Å². The fourth-order valence-electron chi connectivity index (χ4n) is 2.61. The van der Waals surface area contributed by atoms with Crippen molar-refractivity contribution in [2.24, 2.45) is 7.05 Å². The van der Waals surface area contributed by atoms with Crippen LogP contribution in [0.4, 0.5) is 23.2 Å². The summed E-state index contributed by atoms with van der Waals surface area (Å²) in [5, 5.41) is 5.29. The van der Waals surface area contributed by atoms with Crippen LogP contribution in [0, 0.1) is 5.95 Å². The van der Waals surface area contributed by atoms with E-state index in [1.54, 1.807) is 36.4 Å². The number of hydrogen-bond donors (Lipinski definition) is 1. The van der Waals surface area contributed by atoms with Crippen molar-refractivity contribution < 1.29 is 22.4 Å². The highest BCUT2D eigenvalue weighted by molar-refractivity contribution is 6.44. The van der Waals surface area contributed by atoms with Gasteiger partial charge in [-0.1, -0.05) is 59.6 Å². The summed E-state index contributed by atoms with van der Waals surface area (Å²) in [5.74, 6) is -2.77. The minimum atomic E-state index is -5.02. The topological polar surface area (TPSA) is 46.9 Å².